The number of piperazine rings is 1. The van der Waals surface area contributed by atoms with Crippen LogP contribution in [0.15, 0.2) is 29.8 Å². The van der Waals surface area contributed by atoms with Gasteiger partial charge in [0.15, 0.2) is 5.82 Å². The Balaban J connectivity index is 1.35. The first-order valence-electron chi connectivity index (χ1n) is 8.79. The lowest BCUT2D eigenvalue weighted by Gasteiger charge is -2.35. The largest absolute Gasteiger partial charge is 0.378 e. The molecular formula is C17H22N6O2S. The first-order valence-corrected chi connectivity index (χ1v) is 9.67. The van der Waals surface area contributed by atoms with Crippen molar-refractivity contribution in [3.8, 4) is 0 Å². The average Bonchev–Trinajstić information content (AvgIpc) is 3.22. The maximum atomic E-state index is 12.3. The number of anilines is 3. The van der Waals surface area contributed by atoms with Gasteiger partial charge in [-0.25, -0.2) is 4.79 Å². The fourth-order valence-electron chi connectivity index (χ4n) is 3.17. The molecule has 138 valence electrons. The summed E-state index contributed by atoms with van der Waals surface area (Å²) in [4.78, 5) is 18.6. The van der Waals surface area contributed by atoms with E-state index in [0.29, 0.717) is 13.1 Å². The van der Waals surface area contributed by atoms with Crippen LogP contribution in [0.25, 0.3) is 0 Å². The van der Waals surface area contributed by atoms with Crippen LogP contribution in [0.4, 0.5) is 21.3 Å². The standard InChI is InChI=1S/C17H22N6O2S/c24-17(19-16-2-1-11-26-16)23-5-3-22(4-6-23)15-12-14(13-18-20-15)21-7-9-25-10-8-21/h1-2,11-13H,3-10H2,(H,19,24). The van der Waals surface area contributed by atoms with Crippen molar-refractivity contribution < 1.29 is 9.53 Å². The topological polar surface area (TPSA) is 73.8 Å². The van der Waals surface area contributed by atoms with E-state index in [2.05, 4.69) is 31.4 Å². The average molecular weight is 374 g/mol. The molecule has 2 aromatic rings. The molecule has 2 fully saturated rings. The van der Waals surface area contributed by atoms with Crippen molar-refractivity contribution in [1.29, 1.82) is 0 Å². The van der Waals surface area contributed by atoms with Crippen LogP contribution in [-0.2, 0) is 4.74 Å². The highest BCUT2D eigenvalue weighted by molar-refractivity contribution is 7.14. The SMILES string of the molecule is O=C(Nc1cccs1)N1CCN(c2cc(N3CCOCC3)cnn2)CC1. The number of morpholine rings is 1. The lowest BCUT2D eigenvalue weighted by molar-refractivity contribution is 0.122. The third-order valence-corrected chi connectivity index (χ3v) is 5.43. The summed E-state index contributed by atoms with van der Waals surface area (Å²) in [5.41, 5.74) is 1.08. The van der Waals surface area contributed by atoms with Gasteiger partial charge in [-0.1, -0.05) is 0 Å². The molecular weight excluding hydrogens is 352 g/mol. The number of carbonyl (C=O) groups is 1. The van der Waals surface area contributed by atoms with Crippen LogP contribution in [0.5, 0.6) is 0 Å². The highest BCUT2D eigenvalue weighted by Crippen LogP contribution is 2.21. The van der Waals surface area contributed by atoms with Gasteiger partial charge in [0.2, 0.25) is 0 Å². The van der Waals surface area contributed by atoms with Crippen LogP contribution in [0.2, 0.25) is 0 Å². The molecule has 0 aliphatic carbocycles. The smallest absolute Gasteiger partial charge is 0.322 e. The summed E-state index contributed by atoms with van der Waals surface area (Å²) in [6.07, 6.45) is 1.81. The quantitative estimate of drug-likeness (QED) is 0.882. The summed E-state index contributed by atoms with van der Waals surface area (Å²) < 4.78 is 5.41. The molecule has 0 radical (unpaired) electrons. The minimum atomic E-state index is -0.0414. The molecule has 26 heavy (non-hydrogen) atoms. The summed E-state index contributed by atoms with van der Waals surface area (Å²) in [5, 5.41) is 14.2. The number of aromatic nitrogens is 2. The van der Waals surface area contributed by atoms with Gasteiger partial charge in [-0.2, -0.15) is 5.10 Å². The summed E-state index contributed by atoms with van der Waals surface area (Å²) in [6.45, 7) is 6.08. The third kappa shape index (κ3) is 3.88. The van der Waals surface area contributed by atoms with Crippen molar-refractivity contribution in [2.24, 2.45) is 0 Å². The zero-order chi connectivity index (χ0) is 17.8. The zero-order valence-corrected chi connectivity index (χ0v) is 15.3. The van der Waals surface area contributed by atoms with Crippen LogP contribution in [-0.4, -0.2) is 73.6 Å². The molecule has 4 rings (SSSR count). The fraction of sp³-hybridized carbons (Fsp3) is 0.471. The van der Waals surface area contributed by atoms with E-state index in [0.717, 1.165) is 55.9 Å². The Bertz CT molecular complexity index is 727. The second kappa shape index (κ2) is 7.88. The maximum absolute atomic E-state index is 12.3. The minimum Gasteiger partial charge on any atom is -0.378 e. The maximum Gasteiger partial charge on any atom is 0.322 e. The summed E-state index contributed by atoms with van der Waals surface area (Å²) in [6, 6.07) is 5.88. The lowest BCUT2D eigenvalue weighted by atomic mass is 10.3. The van der Waals surface area contributed by atoms with Gasteiger partial charge >= 0.3 is 6.03 Å². The van der Waals surface area contributed by atoms with E-state index in [1.807, 2.05) is 22.4 Å². The molecule has 2 aromatic heterocycles. The minimum absolute atomic E-state index is 0.0414. The number of rotatable bonds is 3. The molecule has 2 aliphatic heterocycles. The highest BCUT2D eigenvalue weighted by Gasteiger charge is 2.23. The van der Waals surface area contributed by atoms with E-state index in [4.69, 9.17) is 4.74 Å². The molecule has 1 N–H and O–H groups in total. The van der Waals surface area contributed by atoms with E-state index in [1.165, 1.54) is 11.3 Å². The number of carbonyl (C=O) groups excluding carboxylic acids is 1. The van der Waals surface area contributed by atoms with Crippen LogP contribution in [0.3, 0.4) is 0 Å². The van der Waals surface area contributed by atoms with Gasteiger partial charge in [-0.3, -0.25) is 5.32 Å². The van der Waals surface area contributed by atoms with Gasteiger partial charge in [-0.15, -0.1) is 16.4 Å². The first kappa shape index (κ1) is 17.0. The molecule has 2 amide bonds. The molecule has 0 bridgehead atoms. The summed E-state index contributed by atoms with van der Waals surface area (Å²) in [5.74, 6) is 0.868. The Kier molecular flexibility index (Phi) is 5.16. The summed E-state index contributed by atoms with van der Waals surface area (Å²) in [7, 11) is 0. The summed E-state index contributed by atoms with van der Waals surface area (Å²) >= 11 is 1.53. The normalized spacial score (nSPS) is 18.1. The number of ether oxygens (including phenoxy) is 1. The van der Waals surface area contributed by atoms with Crippen LogP contribution >= 0.6 is 11.3 Å². The molecule has 0 unspecified atom stereocenters. The molecule has 2 saturated heterocycles. The van der Waals surface area contributed by atoms with Gasteiger partial charge in [0, 0.05) is 45.3 Å². The van der Waals surface area contributed by atoms with E-state index in [-0.39, 0.29) is 6.03 Å². The molecule has 2 aliphatic rings. The second-order valence-electron chi connectivity index (χ2n) is 6.25. The van der Waals surface area contributed by atoms with Crippen LogP contribution in [0, 0.1) is 0 Å². The molecule has 0 atom stereocenters. The van der Waals surface area contributed by atoms with Gasteiger partial charge in [0.1, 0.15) is 0 Å². The van der Waals surface area contributed by atoms with Gasteiger partial charge in [0.25, 0.3) is 0 Å². The number of thiophene rings is 1. The van der Waals surface area contributed by atoms with Gasteiger partial charge in [-0.05, 0) is 17.5 Å². The molecule has 0 spiro atoms. The Hall–Kier alpha value is -2.39. The van der Waals surface area contributed by atoms with Gasteiger partial charge in [0.05, 0.1) is 30.1 Å². The lowest BCUT2D eigenvalue weighted by Crippen LogP contribution is -2.50. The Labute approximate surface area is 156 Å². The van der Waals surface area contributed by atoms with Crippen LogP contribution < -0.4 is 15.1 Å². The number of nitrogens with zero attached hydrogens (tertiary/aromatic N) is 5. The second-order valence-corrected chi connectivity index (χ2v) is 7.20. The predicted molar refractivity (Wildman–Crippen MR) is 102 cm³/mol. The molecule has 0 aromatic carbocycles. The van der Waals surface area contributed by atoms with Crippen molar-refractivity contribution in [2.75, 3.05) is 67.6 Å². The van der Waals surface area contributed by atoms with E-state index in [1.54, 1.807) is 6.20 Å². The number of urea groups is 1. The fourth-order valence-corrected chi connectivity index (χ4v) is 3.77. The van der Waals surface area contributed by atoms with Crippen molar-refractivity contribution >= 4 is 33.9 Å². The number of hydrogen-bond donors (Lipinski definition) is 1. The van der Waals surface area contributed by atoms with Crippen molar-refractivity contribution in [1.82, 2.24) is 15.1 Å². The Morgan fingerprint density at radius 3 is 2.65 bits per heavy atom. The molecule has 9 heteroatoms. The Morgan fingerprint density at radius 2 is 1.92 bits per heavy atom. The zero-order valence-electron chi connectivity index (χ0n) is 14.5. The Morgan fingerprint density at radius 1 is 1.12 bits per heavy atom. The van der Waals surface area contributed by atoms with E-state index < -0.39 is 0 Å². The van der Waals surface area contributed by atoms with Gasteiger partial charge < -0.3 is 19.4 Å². The predicted octanol–water partition coefficient (Wildman–Crippen LogP) is 1.73. The third-order valence-electron chi connectivity index (χ3n) is 4.65. The van der Waals surface area contributed by atoms with Crippen molar-refractivity contribution in [3.63, 3.8) is 0 Å². The highest BCUT2D eigenvalue weighted by atomic mass is 32.1. The number of hydrogen-bond acceptors (Lipinski definition) is 7. The molecule has 8 nitrogen and oxygen atoms in total. The van der Waals surface area contributed by atoms with E-state index >= 15 is 0 Å². The monoisotopic (exact) mass is 374 g/mol. The molecule has 0 saturated carbocycles. The number of amides is 2. The number of nitrogens with one attached hydrogen (secondary N) is 1. The van der Waals surface area contributed by atoms with E-state index in [9.17, 15) is 4.79 Å². The van der Waals surface area contributed by atoms with Crippen molar-refractivity contribution in [3.05, 3.63) is 29.8 Å². The van der Waals surface area contributed by atoms with Crippen molar-refractivity contribution in [2.45, 2.75) is 0 Å². The van der Waals surface area contributed by atoms with Crippen LogP contribution in [0.1, 0.15) is 0 Å². The molecule has 4 heterocycles. The first-order chi connectivity index (χ1) is 12.8.